The molecule has 0 radical (unpaired) electrons. The van der Waals surface area contributed by atoms with Crippen LogP contribution in [-0.4, -0.2) is 11.9 Å². The highest BCUT2D eigenvalue weighted by Crippen LogP contribution is 2.23. The summed E-state index contributed by atoms with van der Waals surface area (Å²) in [6, 6.07) is 19.5. The molecule has 4 heteroatoms. The van der Waals surface area contributed by atoms with E-state index >= 15 is 0 Å². The smallest absolute Gasteiger partial charge is 0.306 e. The Morgan fingerprint density at radius 3 is 1.36 bits per heavy atom. The molecule has 0 saturated heterocycles. The predicted molar refractivity (Wildman–Crippen MR) is 110 cm³/mol. The predicted octanol–water partition coefficient (Wildman–Crippen LogP) is 5.94. The lowest BCUT2D eigenvalue weighted by molar-refractivity contribution is -0.152. The summed E-state index contributed by atoms with van der Waals surface area (Å²) in [7, 11) is 0. The van der Waals surface area contributed by atoms with Crippen molar-refractivity contribution in [2.75, 3.05) is 0 Å². The fourth-order valence-corrected chi connectivity index (χ4v) is 3.08. The van der Waals surface area contributed by atoms with Crippen molar-refractivity contribution in [3.05, 3.63) is 71.8 Å². The zero-order chi connectivity index (χ0) is 20.2. The first kappa shape index (κ1) is 21.7. The molecule has 2 unspecified atom stereocenters. The van der Waals surface area contributed by atoms with Gasteiger partial charge in [0.05, 0.1) is 0 Å². The molecule has 0 spiro atoms. The van der Waals surface area contributed by atoms with Gasteiger partial charge in [0.15, 0.2) is 0 Å². The Balaban J connectivity index is 1.68. The van der Waals surface area contributed by atoms with Crippen molar-refractivity contribution < 1.29 is 19.1 Å². The maximum absolute atomic E-state index is 12.1. The molecule has 0 aliphatic heterocycles. The molecular weight excluding hydrogens is 352 g/mol. The molecule has 0 aliphatic rings. The monoisotopic (exact) mass is 382 g/mol. The fourth-order valence-electron chi connectivity index (χ4n) is 3.08. The van der Waals surface area contributed by atoms with Crippen molar-refractivity contribution in [1.29, 1.82) is 0 Å². The molecule has 0 amide bonds. The van der Waals surface area contributed by atoms with Gasteiger partial charge in [-0.15, -0.1) is 0 Å². The summed E-state index contributed by atoms with van der Waals surface area (Å²) >= 11 is 0. The van der Waals surface area contributed by atoms with E-state index in [0.717, 1.165) is 24.0 Å². The molecule has 2 aromatic rings. The molecule has 0 fully saturated rings. The van der Waals surface area contributed by atoms with Crippen LogP contribution in [0.2, 0.25) is 0 Å². The minimum Gasteiger partial charge on any atom is -0.457 e. The molecular formula is C24H30O4. The number of hydrogen-bond acceptors (Lipinski definition) is 4. The van der Waals surface area contributed by atoms with Crippen LogP contribution >= 0.6 is 0 Å². The largest absolute Gasteiger partial charge is 0.457 e. The van der Waals surface area contributed by atoms with Crippen LogP contribution in [0.3, 0.4) is 0 Å². The quantitative estimate of drug-likeness (QED) is 0.357. The molecule has 28 heavy (non-hydrogen) atoms. The van der Waals surface area contributed by atoms with E-state index in [9.17, 15) is 9.59 Å². The van der Waals surface area contributed by atoms with Crippen LogP contribution < -0.4 is 0 Å². The van der Waals surface area contributed by atoms with Gasteiger partial charge in [-0.05, 0) is 36.8 Å². The third kappa shape index (κ3) is 7.18. The van der Waals surface area contributed by atoms with E-state index in [1.807, 2.05) is 74.5 Å². The lowest BCUT2D eigenvalue weighted by Gasteiger charge is -2.17. The van der Waals surface area contributed by atoms with E-state index in [-0.39, 0.29) is 24.1 Å². The summed E-state index contributed by atoms with van der Waals surface area (Å²) in [5, 5.41) is 0. The van der Waals surface area contributed by atoms with Crippen LogP contribution in [0.5, 0.6) is 0 Å². The van der Waals surface area contributed by atoms with Crippen molar-refractivity contribution in [1.82, 2.24) is 0 Å². The van der Waals surface area contributed by atoms with Crippen molar-refractivity contribution >= 4 is 11.9 Å². The second-order valence-electron chi connectivity index (χ2n) is 6.80. The first-order valence-corrected chi connectivity index (χ1v) is 10.1. The van der Waals surface area contributed by atoms with Crippen molar-refractivity contribution in [3.63, 3.8) is 0 Å². The van der Waals surface area contributed by atoms with Gasteiger partial charge in [-0.2, -0.15) is 0 Å². The zero-order valence-electron chi connectivity index (χ0n) is 16.8. The van der Waals surface area contributed by atoms with Gasteiger partial charge in [0.25, 0.3) is 0 Å². The molecule has 0 aromatic heterocycles. The standard InChI is InChI=1S/C24H30O4/c1-3-21(19-13-7-5-8-14-19)27-23(25)17-11-12-18-24(26)28-22(4-2)20-15-9-6-10-16-20/h5-10,13-16,21-22H,3-4,11-12,17-18H2,1-2H3. The Labute approximate surface area is 167 Å². The molecule has 0 heterocycles. The zero-order valence-corrected chi connectivity index (χ0v) is 16.8. The highest BCUT2D eigenvalue weighted by molar-refractivity contribution is 5.71. The van der Waals surface area contributed by atoms with Gasteiger partial charge >= 0.3 is 11.9 Å². The highest BCUT2D eigenvalue weighted by atomic mass is 16.5. The van der Waals surface area contributed by atoms with Crippen LogP contribution in [0, 0.1) is 0 Å². The first-order valence-electron chi connectivity index (χ1n) is 10.1. The van der Waals surface area contributed by atoms with Crippen LogP contribution in [0.15, 0.2) is 60.7 Å². The molecule has 2 rings (SSSR count). The minimum atomic E-state index is -0.222. The number of esters is 2. The van der Waals surface area contributed by atoms with E-state index in [4.69, 9.17) is 9.47 Å². The van der Waals surface area contributed by atoms with Gasteiger partial charge in [0.2, 0.25) is 0 Å². The average Bonchev–Trinajstić information content (AvgIpc) is 2.74. The molecule has 2 aromatic carbocycles. The fraction of sp³-hybridized carbons (Fsp3) is 0.417. The van der Waals surface area contributed by atoms with E-state index in [1.165, 1.54) is 0 Å². The maximum atomic E-state index is 12.1. The molecule has 4 nitrogen and oxygen atoms in total. The van der Waals surface area contributed by atoms with Gasteiger partial charge in [-0.3, -0.25) is 9.59 Å². The average molecular weight is 382 g/mol. The van der Waals surface area contributed by atoms with Crippen molar-refractivity contribution in [3.8, 4) is 0 Å². The van der Waals surface area contributed by atoms with Gasteiger partial charge in [-0.1, -0.05) is 74.5 Å². The maximum Gasteiger partial charge on any atom is 0.306 e. The Hall–Kier alpha value is -2.62. The van der Waals surface area contributed by atoms with Gasteiger partial charge in [0, 0.05) is 12.8 Å². The van der Waals surface area contributed by atoms with Crippen molar-refractivity contribution in [2.45, 2.75) is 64.6 Å². The normalized spacial score (nSPS) is 12.8. The Bertz CT molecular complexity index is 648. The Morgan fingerprint density at radius 2 is 1.04 bits per heavy atom. The lowest BCUT2D eigenvalue weighted by Crippen LogP contribution is -2.12. The summed E-state index contributed by atoms with van der Waals surface area (Å²) < 4.78 is 11.2. The Morgan fingerprint density at radius 1 is 0.679 bits per heavy atom. The topological polar surface area (TPSA) is 52.6 Å². The first-order chi connectivity index (χ1) is 13.6. The summed E-state index contributed by atoms with van der Waals surface area (Å²) in [6.45, 7) is 4.00. The van der Waals surface area contributed by atoms with E-state index < -0.39 is 0 Å². The molecule has 0 saturated carbocycles. The van der Waals surface area contributed by atoms with Crippen molar-refractivity contribution in [2.24, 2.45) is 0 Å². The lowest BCUT2D eigenvalue weighted by atomic mass is 10.1. The molecule has 2 atom stereocenters. The second kappa shape index (κ2) is 12.0. The second-order valence-corrected chi connectivity index (χ2v) is 6.80. The summed E-state index contributed by atoms with van der Waals surface area (Å²) in [5.41, 5.74) is 2.02. The molecule has 0 N–H and O–H groups in total. The van der Waals surface area contributed by atoms with E-state index in [1.54, 1.807) is 0 Å². The van der Waals surface area contributed by atoms with Gasteiger partial charge in [0.1, 0.15) is 12.2 Å². The number of unbranched alkanes of at least 4 members (excludes halogenated alkanes) is 1. The third-order valence-electron chi connectivity index (χ3n) is 4.64. The van der Waals surface area contributed by atoms with Crippen LogP contribution in [-0.2, 0) is 19.1 Å². The highest BCUT2D eigenvalue weighted by Gasteiger charge is 2.16. The summed E-state index contributed by atoms with van der Waals surface area (Å²) in [4.78, 5) is 24.2. The van der Waals surface area contributed by atoms with Crippen LogP contribution in [0.4, 0.5) is 0 Å². The molecule has 150 valence electrons. The number of rotatable bonds is 11. The molecule has 0 aliphatic carbocycles. The third-order valence-corrected chi connectivity index (χ3v) is 4.64. The number of hydrogen-bond donors (Lipinski definition) is 0. The Kier molecular flexibility index (Phi) is 9.26. The number of carbonyl (C=O) groups is 2. The SMILES string of the molecule is CCC(OC(=O)CCCCC(=O)OC(CC)c1ccccc1)c1ccccc1. The summed E-state index contributed by atoms with van der Waals surface area (Å²) in [5.74, 6) is -0.445. The van der Waals surface area contributed by atoms with Gasteiger partial charge in [-0.25, -0.2) is 0 Å². The number of carbonyl (C=O) groups excluding carboxylic acids is 2. The number of ether oxygens (including phenoxy) is 2. The van der Waals surface area contributed by atoms with Gasteiger partial charge < -0.3 is 9.47 Å². The molecule has 0 bridgehead atoms. The number of benzene rings is 2. The van der Waals surface area contributed by atoms with E-state index in [0.29, 0.717) is 25.7 Å². The minimum absolute atomic E-state index is 0.213. The van der Waals surface area contributed by atoms with Crippen LogP contribution in [0.1, 0.15) is 75.7 Å². The summed E-state index contributed by atoms with van der Waals surface area (Å²) in [6.07, 6.45) is 2.89. The van der Waals surface area contributed by atoms with Crippen LogP contribution in [0.25, 0.3) is 0 Å². The van der Waals surface area contributed by atoms with E-state index in [2.05, 4.69) is 0 Å².